The first-order valence-corrected chi connectivity index (χ1v) is 7.16. The van der Waals surface area contributed by atoms with Gasteiger partial charge in [-0.05, 0) is 42.8 Å². The molecule has 1 amide bonds. The SMILES string of the molecule is C/C(=N/NC(=O)c1ccc(Cl)cc1Cl)c1ccc(Cl)cc1. The third kappa shape index (κ3) is 4.21. The lowest BCUT2D eigenvalue weighted by Gasteiger charge is -2.05. The molecule has 3 nitrogen and oxygen atoms in total. The van der Waals surface area contributed by atoms with Crippen LogP contribution in [0.5, 0.6) is 0 Å². The molecule has 2 rings (SSSR count). The maximum absolute atomic E-state index is 12.0. The lowest BCUT2D eigenvalue weighted by atomic mass is 10.1. The number of carbonyl (C=O) groups is 1. The molecule has 0 aliphatic rings. The van der Waals surface area contributed by atoms with Gasteiger partial charge in [0.25, 0.3) is 5.91 Å². The van der Waals surface area contributed by atoms with Gasteiger partial charge in [-0.1, -0.05) is 46.9 Å². The van der Waals surface area contributed by atoms with E-state index in [-0.39, 0.29) is 5.02 Å². The summed E-state index contributed by atoms with van der Waals surface area (Å²) in [4.78, 5) is 12.0. The maximum Gasteiger partial charge on any atom is 0.272 e. The van der Waals surface area contributed by atoms with Gasteiger partial charge >= 0.3 is 0 Å². The average molecular weight is 342 g/mol. The molecule has 108 valence electrons. The zero-order chi connectivity index (χ0) is 15.4. The molecule has 21 heavy (non-hydrogen) atoms. The van der Waals surface area contributed by atoms with E-state index in [1.165, 1.54) is 6.07 Å². The minimum atomic E-state index is -0.398. The second-order valence-electron chi connectivity index (χ2n) is 4.27. The van der Waals surface area contributed by atoms with Gasteiger partial charge in [-0.15, -0.1) is 0 Å². The van der Waals surface area contributed by atoms with Crippen molar-refractivity contribution < 1.29 is 4.79 Å². The van der Waals surface area contributed by atoms with Gasteiger partial charge in [0.2, 0.25) is 0 Å². The van der Waals surface area contributed by atoms with Crippen LogP contribution in [0.4, 0.5) is 0 Å². The standard InChI is InChI=1S/C15H11Cl3N2O/c1-9(10-2-4-11(16)5-3-10)19-20-15(21)13-7-6-12(17)8-14(13)18/h2-8H,1H3,(H,20,21)/b19-9-. The van der Waals surface area contributed by atoms with E-state index in [1.54, 1.807) is 31.2 Å². The van der Waals surface area contributed by atoms with Crippen LogP contribution in [-0.4, -0.2) is 11.6 Å². The topological polar surface area (TPSA) is 41.5 Å². The Balaban J connectivity index is 2.12. The van der Waals surface area contributed by atoms with E-state index in [9.17, 15) is 4.79 Å². The van der Waals surface area contributed by atoms with Crippen molar-refractivity contribution in [3.05, 3.63) is 68.7 Å². The van der Waals surface area contributed by atoms with Crippen LogP contribution in [0.3, 0.4) is 0 Å². The number of amides is 1. The number of nitrogens with zero attached hydrogens (tertiary/aromatic N) is 1. The van der Waals surface area contributed by atoms with Crippen molar-refractivity contribution in [2.75, 3.05) is 0 Å². The van der Waals surface area contributed by atoms with Crippen molar-refractivity contribution in [2.45, 2.75) is 6.92 Å². The summed E-state index contributed by atoms with van der Waals surface area (Å²) in [5.41, 5.74) is 4.29. The number of hydrazone groups is 1. The molecule has 0 atom stereocenters. The molecule has 0 aromatic heterocycles. The highest BCUT2D eigenvalue weighted by atomic mass is 35.5. The molecule has 0 heterocycles. The van der Waals surface area contributed by atoms with Gasteiger partial charge in [-0.25, -0.2) is 5.43 Å². The highest BCUT2D eigenvalue weighted by Crippen LogP contribution is 2.20. The molecule has 1 N–H and O–H groups in total. The van der Waals surface area contributed by atoms with Gasteiger partial charge in [0.15, 0.2) is 0 Å². The first kappa shape index (κ1) is 15.8. The quantitative estimate of drug-likeness (QED) is 0.632. The number of hydrogen-bond donors (Lipinski definition) is 1. The summed E-state index contributed by atoms with van der Waals surface area (Å²) in [6.07, 6.45) is 0. The van der Waals surface area contributed by atoms with Gasteiger partial charge in [-0.2, -0.15) is 5.10 Å². The Kier molecular flexibility index (Phi) is 5.23. The Labute approximate surface area is 137 Å². The highest BCUT2D eigenvalue weighted by molar-refractivity contribution is 6.36. The fourth-order valence-electron chi connectivity index (χ4n) is 1.62. The molecule has 0 spiro atoms. The second kappa shape index (κ2) is 6.94. The summed E-state index contributed by atoms with van der Waals surface area (Å²) in [7, 11) is 0. The van der Waals surface area contributed by atoms with Gasteiger partial charge in [0.05, 0.1) is 16.3 Å². The van der Waals surface area contributed by atoms with Gasteiger partial charge in [0, 0.05) is 10.0 Å². The third-order valence-electron chi connectivity index (χ3n) is 2.76. The molecule has 2 aromatic carbocycles. The number of nitrogens with one attached hydrogen (secondary N) is 1. The Morgan fingerprint density at radius 2 is 1.62 bits per heavy atom. The zero-order valence-electron chi connectivity index (χ0n) is 11.0. The summed E-state index contributed by atoms with van der Waals surface area (Å²) >= 11 is 17.6. The predicted molar refractivity (Wildman–Crippen MR) is 87.6 cm³/mol. The average Bonchev–Trinajstić information content (AvgIpc) is 2.45. The summed E-state index contributed by atoms with van der Waals surface area (Å²) in [5, 5.41) is 5.44. The first-order chi connectivity index (χ1) is 9.97. The summed E-state index contributed by atoms with van der Waals surface area (Å²) in [6.45, 7) is 1.78. The van der Waals surface area contributed by atoms with Crippen LogP contribution >= 0.6 is 34.8 Å². The Morgan fingerprint density at radius 3 is 2.24 bits per heavy atom. The second-order valence-corrected chi connectivity index (χ2v) is 5.55. The molecule has 2 aromatic rings. The molecular weight excluding hydrogens is 331 g/mol. The monoisotopic (exact) mass is 340 g/mol. The molecule has 6 heteroatoms. The van der Waals surface area contributed by atoms with Crippen molar-refractivity contribution in [1.82, 2.24) is 5.43 Å². The van der Waals surface area contributed by atoms with Crippen LogP contribution in [0.1, 0.15) is 22.8 Å². The van der Waals surface area contributed by atoms with Crippen LogP contribution in [0, 0.1) is 0 Å². The van der Waals surface area contributed by atoms with Crippen LogP contribution in [-0.2, 0) is 0 Å². The van der Waals surface area contributed by atoms with Crippen molar-refractivity contribution in [3.8, 4) is 0 Å². The van der Waals surface area contributed by atoms with Crippen LogP contribution in [0.2, 0.25) is 15.1 Å². The third-order valence-corrected chi connectivity index (χ3v) is 3.56. The summed E-state index contributed by atoms with van der Waals surface area (Å²) < 4.78 is 0. The van der Waals surface area contributed by atoms with Crippen molar-refractivity contribution >= 4 is 46.4 Å². The number of halogens is 3. The molecule has 0 bridgehead atoms. The van der Waals surface area contributed by atoms with Crippen molar-refractivity contribution in [3.63, 3.8) is 0 Å². The maximum atomic E-state index is 12.0. The molecule has 0 saturated heterocycles. The van der Waals surface area contributed by atoms with Gasteiger partial charge in [-0.3, -0.25) is 4.79 Å². The minimum Gasteiger partial charge on any atom is -0.267 e. The van der Waals surface area contributed by atoms with Crippen LogP contribution in [0.15, 0.2) is 47.6 Å². The van der Waals surface area contributed by atoms with E-state index >= 15 is 0 Å². The molecule has 0 aliphatic heterocycles. The fourth-order valence-corrected chi connectivity index (χ4v) is 2.24. The predicted octanol–water partition coefficient (Wildman–Crippen LogP) is 4.80. The molecular formula is C15H11Cl3N2O. The van der Waals surface area contributed by atoms with Gasteiger partial charge < -0.3 is 0 Å². The largest absolute Gasteiger partial charge is 0.272 e. The number of hydrogen-bond acceptors (Lipinski definition) is 2. The highest BCUT2D eigenvalue weighted by Gasteiger charge is 2.10. The summed E-state index contributed by atoms with van der Waals surface area (Å²) in [6, 6.07) is 11.8. The Morgan fingerprint density at radius 1 is 1.00 bits per heavy atom. The van der Waals surface area contributed by atoms with Crippen LogP contribution < -0.4 is 5.43 Å². The minimum absolute atomic E-state index is 0.277. The molecule has 0 fully saturated rings. The number of carbonyl (C=O) groups excluding carboxylic acids is 1. The Bertz CT molecular complexity index is 697. The fraction of sp³-hybridized carbons (Fsp3) is 0.0667. The van der Waals surface area contributed by atoms with E-state index in [1.807, 2.05) is 12.1 Å². The van der Waals surface area contributed by atoms with E-state index in [0.717, 1.165) is 5.56 Å². The van der Waals surface area contributed by atoms with Crippen LogP contribution in [0.25, 0.3) is 0 Å². The molecule has 0 aliphatic carbocycles. The number of rotatable bonds is 3. The van der Waals surface area contributed by atoms with Crippen molar-refractivity contribution in [2.24, 2.45) is 5.10 Å². The summed E-state index contributed by atoms with van der Waals surface area (Å²) in [5.74, 6) is -0.398. The molecule has 0 unspecified atom stereocenters. The van der Waals surface area contributed by atoms with E-state index in [0.29, 0.717) is 21.3 Å². The van der Waals surface area contributed by atoms with E-state index in [2.05, 4.69) is 10.5 Å². The molecule has 0 radical (unpaired) electrons. The van der Waals surface area contributed by atoms with E-state index in [4.69, 9.17) is 34.8 Å². The number of benzene rings is 2. The zero-order valence-corrected chi connectivity index (χ0v) is 13.3. The Hall–Kier alpha value is -1.55. The van der Waals surface area contributed by atoms with Crippen molar-refractivity contribution in [1.29, 1.82) is 0 Å². The smallest absolute Gasteiger partial charge is 0.267 e. The lowest BCUT2D eigenvalue weighted by Crippen LogP contribution is -2.19. The van der Waals surface area contributed by atoms with E-state index < -0.39 is 5.91 Å². The first-order valence-electron chi connectivity index (χ1n) is 6.03. The lowest BCUT2D eigenvalue weighted by molar-refractivity contribution is 0.0955. The van der Waals surface area contributed by atoms with Gasteiger partial charge in [0.1, 0.15) is 0 Å². The molecule has 0 saturated carbocycles. The normalized spacial score (nSPS) is 11.3.